The molecule has 3 unspecified atom stereocenters. The average molecular weight is 878 g/mol. The van der Waals surface area contributed by atoms with Crippen LogP contribution < -0.4 is 40.7 Å². The number of rotatable bonds is 17. The molecule has 3 heterocycles. The van der Waals surface area contributed by atoms with Crippen molar-refractivity contribution in [2.75, 3.05) is 71.2 Å². The molecule has 6 atom stereocenters. The molecular formula is C29H61Cl2N8O12P3. The van der Waals surface area contributed by atoms with Gasteiger partial charge in [-0.2, -0.15) is 4.98 Å². The summed E-state index contributed by atoms with van der Waals surface area (Å²) in [6, 6.07) is 0. The Balaban J connectivity index is 0.00000109. The van der Waals surface area contributed by atoms with Crippen LogP contribution in [0.15, 0.2) is 11.1 Å². The van der Waals surface area contributed by atoms with Gasteiger partial charge < -0.3 is 63.5 Å². The standard InChI is InChI=1S/C11H16Cl2N5O12P3.3C6H15N/c12-11(13,31(21,22)23)32(24,25)30-33(26,27)28-2-5-4(19)1-6(29-5)18-3-15-7-8(18)16-10(14)17-9(7)20;3*1-4-7(5-2)6-3/h3-6,19H,1-2H2,(H,24,25)(H,26,27)(H2,21,22,23)(H3,14,16,17,20);3*4-6H2,1-3H3/t4-,5+,6+;;;/m0.../s1. The molecule has 1 saturated heterocycles. The van der Waals surface area contributed by atoms with Crippen molar-refractivity contribution in [3.63, 3.8) is 0 Å². The van der Waals surface area contributed by atoms with Gasteiger partial charge >= 0.3 is 0 Å². The summed E-state index contributed by atoms with van der Waals surface area (Å²) in [5.74, 6) is -0.223. The summed E-state index contributed by atoms with van der Waals surface area (Å²) >= 11 is 10.0. The maximum absolute atomic E-state index is 11.9. The predicted molar refractivity (Wildman–Crippen MR) is 201 cm³/mol. The van der Waals surface area contributed by atoms with E-state index >= 15 is 0 Å². The molecule has 8 N–H and O–H groups in total. The number of halogens is 2. The molecule has 25 heteroatoms. The summed E-state index contributed by atoms with van der Waals surface area (Å²) < 4.78 is 45.3. The minimum Gasteiger partial charge on any atom is -0.776 e. The Bertz CT molecular complexity index is 1530. The number of fused-ring (bicyclic) bond motifs is 1. The zero-order chi connectivity index (χ0) is 42.1. The fraction of sp³-hybridized carbons (Fsp3) is 0.828. The number of aromatic nitrogens is 4. The van der Waals surface area contributed by atoms with Gasteiger partial charge in [-0.15, -0.1) is 0 Å². The number of hydrogen-bond acceptors (Lipinski definition) is 14. The fourth-order valence-corrected chi connectivity index (χ4v) is 9.05. The number of aromatic amines is 1. The van der Waals surface area contributed by atoms with Gasteiger partial charge in [0.1, 0.15) is 12.3 Å². The minimum atomic E-state index is -6.22. The van der Waals surface area contributed by atoms with E-state index in [1.54, 1.807) is 14.7 Å². The molecule has 54 heavy (non-hydrogen) atoms. The summed E-state index contributed by atoms with van der Waals surface area (Å²) in [7, 11) is -18.1. The van der Waals surface area contributed by atoms with Crippen molar-refractivity contribution in [1.82, 2.24) is 19.5 Å². The first-order valence-electron chi connectivity index (χ1n) is 18.0. The monoisotopic (exact) mass is 876 g/mol. The number of aliphatic hydroxyl groups is 1. The number of nitrogen functional groups attached to an aromatic ring is 1. The molecule has 0 saturated carbocycles. The first-order chi connectivity index (χ1) is 25.0. The van der Waals surface area contributed by atoms with E-state index in [1.807, 2.05) is 0 Å². The van der Waals surface area contributed by atoms with Crippen molar-refractivity contribution in [1.29, 1.82) is 0 Å². The third kappa shape index (κ3) is 16.5. The highest BCUT2D eigenvalue weighted by Gasteiger charge is 2.49. The lowest BCUT2D eigenvalue weighted by Crippen LogP contribution is -3.11. The SMILES string of the molecule is CC[NH+](CC)CC.CC[NH+](CC)CC.CC[NH+](CC)CC.Nc1nc2c(ncn2[C@H]2C[C@H](O)[C@@H](COP(=O)([O-])OP(=O)([O-])C(Cl)(Cl)P(=O)([O-])O)O2)c(=O)[nH]1. The van der Waals surface area contributed by atoms with Crippen LogP contribution >= 0.6 is 46.2 Å². The van der Waals surface area contributed by atoms with Crippen molar-refractivity contribution in [3.8, 4) is 0 Å². The first-order valence-corrected chi connectivity index (χ1v) is 23.3. The summed E-state index contributed by atoms with van der Waals surface area (Å²) in [6.07, 6.45) is -2.73. The van der Waals surface area contributed by atoms with Gasteiger partial charge in [0.25, 0.3) is 13.4 Å². The molecule has 1 fully saturated rings. The van der Waals surface area contributed by atoms with Crippen molar-refractivity contribution in [2.24, 2.45) is 0 Å². The van der Waals surface area contributed by atoms with E-state index in [1.165, 1.54) is 69.8 Å². The second-order valence-corrected chi connectivity index (χ2v) is 19.9. The van der Waals surface area contributed by atoms with E-state index in [4.69, 9.17) is 38.6 Å². The van der Waals surface area contributed by atoms with E-state index in [2.05, 4.69) is 86.1 Å². The van der Waals surface area contributed by atoms with Crippen LogP contribution in [0.5, 0.6) is 0 Å². The molecule has 20 nitrogen and oxygen atoms in total. The number of anilines is 1. The van der Waals surface area contributed by atoms with Gasteiger partial charge in [-0.05, 0) is 62.3 Å². The zero-order valence-corrected chi connectivity index (χ0v) is 36.8. The Hall–Kier alpha value is -1.02. The van der Waals surface area contributed by atoms with E-state index in [0.29, 0.717) is 0 Å². The summed E-state index contributed by atoms with van der Waals surface area (Å²) in [4.78, 5) is 70.4. The lowest BCUT2D eigenvalue weighted by Gasteiger charge is -2.41. The number of hydrogen-bond donors (Lipinski definition) is 7. The third-order valence-electron chi connectivity index (χ3n) is 8.74. The number of H-pyrrole nitrogens is 1. The molecule has 0 aromatic carbocycles. The number of imidazole rings is 1. The van der Waals surface area contributed by atoms with Crippen molar-refractivity contribution in [3.05, 3.63) is 16.7 Å². The maximum atomic E-state index is 11.9. The van der Waals surface area contributed by atoms with Crippen molar-refractivity contribution < 1.29 is 66.6 Å². The second kappa shape index (κ2) is 24.7. The first kappa shape index (κ1) is 53.0. The van der Waals surface area contributed by atoms with Gasteiger partial charge in [-0.25, -0.2) is 4.98 Å². The third-order valence-corrected chi connectivity index (χ3v) is 16.2. The van der Waals surface area contributed by atoms with E-state index in [9.17, 15) is 38.3 Å². The Morgan fingerprint density at radius 2 is 1.35 bits per heavy atom. The molecule has 2 aromatic heterocycles. The molecule has 318 valence electrons. The predicted octanol–water partition coefficient (Wildman–Crippen LogP) is -2.17. The Labute approximate surface area is 327 Å². The zero-order valence-electron chi connectivity index (χ0n) is 32.6. The number of phosphoric acid groups is 1. The van der Waals surface area contributed by atoms with Gasteiger partial charge in [0, 0.05) is 6.42 Å². The molecule has 0 spiro atoms. The van der Waals surface area contributed by atoms with Crippen molar-refractivity contribution in [2.45, 2.75) is 91.0 Å². The fourth-order valence-electron chi connectivity index (χ4n) is 4.96. The number of aliphatic hydroxyl groups excluding tert-OH is 1. The molecule has 0 bridgehead atoms. The van der Waals surface area contributed by atoms with Crippen LogP contribution in [0.2, 0.25) is 0 Å². The highest BCUT2D eigenvalue weighted by molar-refractivity contribution is 7.80. The van der Waals surface area contributed by atoms with Gasteiger partial charge in [-0.3, -0.25) is 23.2 Å². The Morgan fingerprint density at radius 3 is 1.72 bits per heavy atom. The average Bonchev–Trinajstić information content (AvgIpc) is 3.69. The number of ether oxygens (including phenoxy) is 1. The van der Waals surface area contributed by atoms with Crippen LogP contribution in [-0.2, 0) is 27.3 Å². The molecular weight excluding hydrogens is 816 g/mol. The van der Waals surface area contributed by atoms with E-state index in [0.717, 1.165) is 0 Å². The van der Waals surface area contributed by atoms with Crippen LogP contribution in [0.1, 0.15) is 75.0 Å². The summed E-state index contributed by atoms with van der Waals surface area (Å²) in [5, 5.41) is 10.2. The molecule has 0 amide bonds. The topological polar surface area (TPSA) is 291 Å². The van der Waals surface area contributed by atoms with Gasteiger partial charge in [-0.1, -0.05) is 23.2 Å². The normalized spacial score (nSPS) is 20.6. The van der Waals surface area contributed by atoms with Gasteiger partial charge in [0.15, 0.2) is 26.4 Å². The van der Waals surface area contributed by atoms with Crippen LogP contribution in [0, 0.1) is 0 Å². The summed E-state index contributed by atoms with van der Waals surface area (Å²) in [6.45, 7) is 30.5. The number of nitrogens with two attached hydrogens (primary N) is 1. The van der Waals surface area contributed by atoms with Gasteiger partial charge in [0.2, 0.25) is 9.76 Å². The van der Waals surface area contributed by atoms with E-state index < -0.39 is 57.4 Å². The Kier molecular flexibility index (Phi) is 24.2. The number of phosphoric ester groups is 1. The smallest absolute Gasteiger partial charge is 0.280 e. The van der Waals surface area contributed by atoms with Crippen LogP contribution in [0.4, 0.5) is 5.95 Å². The number of nitrogens with one attached hydrogen (secondary N) is 4. The molecule has 1 aliphatic rings. The molecule has 2 aromatic rings. The van der Waals surface area contributed by atoms with E-state index in [-0.39, 0.29) is 23.5 Å². The largest absolute Gasteiger partial charge is 0.776 e. The molecule has 0 aliphatic carbocycles. The molecule has 1 aliphatic heterocycles. The minimum absolute atomic E-state index is 0.00625. The summed E-state index contributed by atoms with van der Waals surface area (Å²) in [5.41, 5.74) is 4.77. The Morgan fingerprint density at radius 1 is 0.926 bits per heavy atom. The second-order valence-electron chi connectivity index (χ2n) is 12.0. The number of nitrogens with zero attached hydrogens (tertiary/aromatic N) is 3. The number of quaternary nitrogens is 3. The quantitative estimate of drug-likeness (QED) is 0.0658. The molecule has 3 rings (SSSR count). The van der Waals surface area contributed by atoms with Crippen LogP contribution in [0.3, 0.4) is 0 Å². The maximum Gasteiger partial charge on any atom is 0.280 e. The lowest BCUT2D eigenvalue weighted by molar-refractivity contribution is -0.894. The van der Waals surface area contributed by atoms with Crippen molar-refractivity contribution >= 4 is 63.3 Å². The van der Waals surface area contributed by atoms with Crippen LogP contribution in [-0.4, -0.2) is 111 Å². The lowest BCUT2D eigenvalue weighted by atomic mass is 10.2. The van der Waals surface area contributed by atoms with Gasteiger partial charge in [0.05, 0.1) is 77.9 Å². The highest BCUT2D eigenvalue weighted by atomic mass is 35.5. The number of alkyl halides is 2. The van der Waals surface area contributed by atoms with Crippen LogP contribution in [0.25, 0.3) is 11.2 Å². The molecule has 0 radical (unpaired) electrons. The highest BCUT2D eigenvalue weighted by Crippen LogP contribution is 2.75.